The van der Waals surface area contributed by atoms with Gasteiger partial charge in [0.15, 0.2) is 0 Å². The summed E-state index contributed by atoms with van der Waals surface area (Å²) in [5.74, 6) is 0. The van der Waals surface area contributed by atoms with Gasteiger partial charge in [0.2, 0.25) is 0 Å². The molecular weight excluding hydrogens is 192 g/mol. The third-order valence-electron chi connectivity index (χ3n) is 4.01. The fraction of sp³-hybridized carbons (Fsp3) is 0.250. The van der Waals surface area contributed by atoms with Crippen LogP contribution in [0.2, 0.25) is 0 Å². The van der Waals surface area contributed by atoms with E-state index in [4.69, 9.17) is 0 Å². The Morgan fingerprint density at radius 2 is 1.31 bits per heavy atom. The standard InChI is InChI=1S/C16H14/c1-2-4-12-9-13-5-6-14-10-16(14)15(13)8-7-11(12)3-1/h1-6H,7-10H2. The van der Waals surface area contributed by atoms with E-state index < -0.39 is 0 Å². The molecule has 0 saturated heterocycles. The monoisotopic (exact) mass is 206 g/mol. The summed E-state index contributed by atoms with van der Waals surface area (Å²) in [5.41, 5.74) is 9.56. The highest BCUT2D eigenvalue weighted by atomic mass is 14.3. The van der Waals surface area contributed by atoms with Crippen LogP contribution in [0.4, 0.5) is 0 Å². The van der Waals surface area contributed by atoms with Crippen molar-refractivity contribution in [2.45, 2.75) is 25.7 Å². The van der Waals surface area contributed by atoms with Gasteiger partial charge in [0, 0.05) is 0 Å². The predicted molar refractivity (Wildman–Crippen MR) is 65.9 cm³/mol. The maximum atomic E-state index is 2.35. The molecule has 0 bridgehead atoms. The maximum absolute atomic E-state index is 2.35. The molecule has 2 aliphatic carbocycles. The topological polar surface area (TPSA) is 0 Å². The molecule has 0 atom stereocenters. The van der Waals surface area contributed by atoms with Crippen LogP contribution in [0, 0.1) is 0 Å². The third kappa shape index (κ3) is 1.16. The van der Waals surface area contributed by atoms with Gasteiger partial charge >= 0.3 is 0 Å². The fourth-order valence-electron chi connectivity index (χ4n) is 3.02. The van der Waals surface area contributed by atoms with E-state index >= 15 is 0 Å². The summed E-state index contributed by atoms with van der Waals surface area (Å²) in [5, 5.41) is 0. The summed E-state index contributed by atoms with van der Waals surface area (Å²) < 4.78 is 0. The molecule has 0 aromatic heterocycles. The molecule has 0 saturated carbocycles. The van der Waals surface area contributed by atoms with Crippen LogP contribution in [0.15, 0.2) is 36.4 Å². The van der Waals surface area contributed by atoms with Crippen LogP contribution in [0.5, 0.6) is 0 Å². The first-order valence-electron chi connectivity index (χ1n) is 6.11. The highest BCUT2D eigenvalue weighted by Crippen LogP contribution is 2.37. The van der Waals surface area contributed by atoms with Crippen molar-refractivity contribution in [3.8, 4) is 0 Å². The van der Waals surface area contributed by atoms with E-state index in [1.165, 1.54) is 24.8 Å². The van der Waals surface area contributed by atoms with Gasteiger partial charge in [0.1, 0.15) is 0 Å². The molecule has 2 aromatic rings. The van der Waals surface area contributed by atoms with Crippen LogP contribution >= 0.6 is 0 Å². The summed E-state index contributed by atoms with van der Waals surface area (Å²) in [6, 6.07) is 13.6. The fourth-order valence-corrected chi connectivity index (χ4v) is 3.02. The molecule has 0 fully saturated rings. The average molecular weight is 206 g/mol. The van der Waals surface area contributed by atoms with Crippen molar-refractivity contribution in [2.75, 3.05) is 0 Å². The van der Waals surface area contributed by atoms with Gasteiger partial charge in [0.25, 0.3) is 0 Å². The minimum atomic E-state index is 1.14. The summed E-state index contributed by atoms with van der Waals surface area (Å²) in [6.45, 7) is 0. The second-order valence-electron chi connectivity index (χ2n) is 4.96. The second-order valence-corrected chi connectivity index (χ2v) is 4.96. The molecule has 0 radical (unpaired) electrons. The first-order valence-corrected chi connectivity index (χ1v) is 6.11. The van der Waals surface area contributed by atoms with E-state index in [-0.39, 0.29) is 0 Å². The van der Waals surface area contributed by atoms with Gasteiger partial charge < -0.3 is 0 Å². The number of benzene rings is 2. The Balaban J connectivity index is 1.88. The normalized spacial score (nSPS) is 15.8. The van der Waals surface area contributed by atoms with E-state index in [0.717, 1.165) is 6.42 Å². The number of aryl methyl sites for hydroxylation is 1. The number of fused-ring (bicyclic) bond motifs is 4. The highest BCUT2D eigenvalue weighted by Gasteiger charge is 2.24. The van der Waals surface area contributed by atoms with Crippen LogP contribution < -0.4 is 0 Å². The Hall–Kier alpha value is -1.56. The minimum Gasteiger partial charge on any atom is -0.0620 e. The molecular formula is C16H14. The highest BCUT2D eigenvalue weighted by molar-refractivity contribution is 5.56. The lowest BCUT2D eigenvalue weighted by molar-refractivity contribution is 0.963. The summed E-state index contributed by atoms with van der Waals surface area (Å²) in [7, 11) is 0. The number of hydrogen-bond acceptors (Lipinski definition) is 0. The lowest BCUT2D eigenvalue weighted by Crippen LogP contribution is -1.91. The number of rotatable bonds is 0. The first kappa shape index (κ1) is 8.58. The van der Waals surface area contributed by atoms with E-state index in [1.54, 1.807) is 27.8 Å². The molecule has 0 aliphatic heterocycles. The van der Waals surface area contributed by atoms with Gasteiger partial charge in [-0.25, -0.2) is 0 Å². The van der Waals surface area contributed by atoms with E-state index in [1.807, 2.05) is 0 Å². The van der Waals surface area contributed by atoms with Crippen molar-refractivity contribution < 1.29 is 0 Å². The van der Waals surface area contributed by atoms with Gasteiger partial charge in [-0.3, -0.25) is 0 Å². The van der Waals surface area contributed by atoms with Crippen molar-refractivity contribution in [2.24, 2.45) is 0 Å². The zero-order valence-corrected chi connectivity index (χ0v) is 9.29. The average Bonchev–Trinajstić information content (AvgIpc) is 3.09. The summed E-state index contributed by atoms with van der Waals surface area (Å²) >= 11 is 0. The predicted octanol–water partition coefficient (Wildman–Crippen LogP) is 3.28. The molecule has 0 nitrogen and oxygen atoms in total. The molecule has 0 heteroatoms. The van der Waals surface area contributed by atoms with E-state index in [2.05, 4.69) is 36.4 Å². The van der Waals surface area contributed by atoms with Crippen molar-refractivity contribution >= 4 is 0 Å². The zero-order chi connectivity index (χ0) is 10.5. The third-order valence-corrected chi connectivity index (χ3v) is 4.01. The Morgan fingerprint density at radius 3 is 2.19 bits per heavy atom. The van der Waals surface area contributed by atoms with Crippen molar-refractivity contribution in [1.29, 1.82) is 0 Å². The molecule has 0 spiro atoms. The van der Waals surface area contributed by atoms with Gasteiger partial charge in [-0.2, -0.15) is 0 Å². The zero-order valence-electron chi connectivity index (χ0n) is 9.29. The van der Waals surface area contributed by atoms with Gasteiger partial charge in [-0.15, -0.1) is 0 Å². The molecule has 0 amide bonds. The van der Waals surface area contributed by atoms with Gasteiger partial charge in [-0.05, 0) is 59.1 Å². The maximum Gasteiger partial charge on any atom is -0.00171 e. The van der Waals surface area contributed by atoms with Crippen LogP contribution in [0.3, 0.4) is 0 Å². The van der Waals surface area contributed by atoms with Crippen molar-refractivity contribution in [3.63, 3.8) is 0 Å². The van der Waals surface area contributed by atoms with E-state index in [0.29, 0.717) is 0 Å². The lowest BCUT2D eigenvalue weighted by Gasteiger charge is -2.04. The quantitative estimate of drug-likeness (QED) is 0.529. The largest absolute Gasteiger partial charge is 0.0620 e. The van der Waals surface area contributed by atoms with Crippen molar-refractivity contribution in [1.82, 2.24) is 0 Å². The molecule has 78 valence electrons. The molecule has 0 heterocycles. The molecule has 2 aromatic carbocycles. The van der Waals surface area contributed by atoms with Crippen LogP contribution in [0.25, 0.3) is 0 Å². The second kappa shape index (κ2) is 2.98. The Kier molecular flexibility index (Phi) is 1.59. The summed E-state index contributed by atoms with van der Waals surface area (Å²) in [6.07, 6.45) is 4.86. The molecule has 0 N–H and O–H groups in total. The van der Waals surface area contributed by atoms with Gasteiger partial charge in [-0.1, -0.05) is 36.4 Å². The minimum absolute atomic E-state index is 1.14. The molecule has 2 aliphatic rings. The molecule has 0 unspecified atom stereocenters. The number of hydrogen-bond donors (Lipinski definition) is 0. The lowest BCUT2D eigenvalue weighted by atomic mass is 10.0. The van der Waals surface area contributed by atoms with Crippen LogP contribution in [0.1, 0.15) is 33.4 Å². The van der Waals surface area contributed by atoms with Crippen LogP contribution in [-0.2, 0) is 25.7 Å². The SMILES string of the molecule is c1ccc2c(c1)CCc1c(ccc3c1C3)C2. The van der Waals surface area contributed by atoms with Gasteiger partial charge in [0.05, 0.1) is 0 Å². The first-order chi connectivity index (χ1) is 7.92. The van der Waals surface area contributed by atoms with Crippen LogP contribution in [-0.4, -0.2) is 0 Å². The smallest absolute Gasteiger partial charge is 0.00171 e. The molecule has 4 rings (SSSR count). The Labute approximate surface area is 95.9 Å². The van der Waals surface area contributed by atoms with Crippen molar-refractivity contribution in [3.05, 3.63) is 69.8 Å². The van der Waals surface area contributed by atoms with E-state index in [9.17, 15) is 0 Å². The molecule has 16 heavy (non-hydrogen) atoms. The Morgan fingerprint density at radius 1 is 0.562 bits per heavy atom. The summed E-state index contributed by atoms with van der Waals surface area (Å²) in [4.78, 5) is 0. The Bertz CT molecular complexity index is 579.